The minimum absolute atomic E-state index is 0.0971. The van der Waals surface area contributed by atoms with Gasteiger partial charge in [-0.3, -0.25) is 9.80 Å². The van der Waals surface area contributed by atoms with Gasteiger partial charge in [0.15, 0.2) is 0 Å². The van der Waals surface area contributed by atoms with E-state index in [1.54, 1.807) is 0 Å². The molecule has 0 bridgehead atoms. The molecule has 54 heteroatoms. The summed E-state index contributed by atoms with van der Waals surface area (Å²) < 4.78 is 598. The second kappa shape index (κ2) is 25.2. The average Bonchev–Trinajstić information content (AvgIpc) is 0.750. The lowest BCUT2D eigenvalue weighted by atomic mass is 10.0. The number of rotatable bonds is 26. The van der Waals surface area contributed by atoms with Crippen LogP contribution in [0.4, 0.5) is 219 Å². The second-order valence-electron chi connectivity index (χ2n) is 19.3. The molecule has 0 saturated heterocycles. The Labute approximate surface area is 509 Å². The molecule has 3 heterocycles. The summed E-state index contributed by atoms with van der Waals surface area (Å²) in [6.45, 7) is -10.2. The molecule has 0 radical (unpaired) electrons. The van der Waals surface area contributed by atoms with E-state index in [0.717, 1.165) is 0 Å². The van der Waals surface area contributed by atoms with Crippen LogP contribution >= 0.6 is 0 Å². The first-order valence-electron chi connectivity index (χ1n) is 24.3. The van der Waals surface area contributed by atoms with E-state index in [-0.39, 0.29) is 46.2 Å². The van der Waals surface area contributed by atoms with Crippen molar-refractivity contribution in [3.8, 4) is 24.0 Å². The Morgan fingerprint density at radius 3 is 0.612 bits per heavy atom. The quantitative estimate of drug-likeness (QED) is 0.0490. The van der Waals surface area contributed by atoms with Gasteiger partial charge in [-0.15, -0.1) is 9.97 Å². The van der Waals surface area contributed by atoms with E-state index in [4.69, 9.17) is 0 Å². The standard InChI is InChI=1S/C44H22F42N8O4/c45-27(46,33(59,60)37(67,68)41(75,76)77)5-9-95-23-87-21(88-24(91-23)96-10-6-28(47,48)34(61,62)38(69,70)42(78,79)80)93-17-3-1-15(31(53,54)55)13-19(17)94(18-4-2-16(14-20(18)93)32(56,57)58)22-89-25(97-11-7-29(49,50)35(63,64)39(71,72)43(81,82)83)92-26(90-22)98-12-8-30(51,52)36(65,66)40(73,74)44(84,85)86/h1-4,13-14H,5-12H2. The van der Waals surface area contributed by atoms with E-state index >= 15 is 0 Å². The Bertz CT molecular complexity index is 3120. The highest BCUT2D eigenvalue weighted by Crippen LogP contribution is 2.60. The fourth-order valence-corrected chi connectivity index (χ4v) is 7.28. The number of nitrogens with zero attached hydrogens (tertiary/aromatic N) is 8. The number of halogens is 42. The Morgan fingerprint density at radius 2 is 0.439 bits per heavy atom. The van der Waals surface area contributed by atoms with Gasteiger partial charge in [0.25, 0.3) is 0 Å². The van der Waals surface area contributed by atoms with Crippen LogP contribution in [0.2, 0.25) is 0 Å². The van der Waals surface area contributed by atoms with Gasteiger partial charge in [0.2, 0.25) is 11.9 Å². The van der Waals surface area contributed by atoms with Crippen LogP contribution in [-0.2, 0) is 12.4 Å². The molecular formula is C44H22F42N8O4. The molecule has 0 fully saturated rings. The number of benzene rings is 2. The van der Waals surface area contributed by atoms with Gasteiger partial charge in [-0.25, -0.2) is 0 Å². The highest BCUT2D eigenvalue weighted by Gasteiger charge is 2.85. The number of aromatic nitrogens is 6. The number of anilines is 6. The van der Waals surface area contributed by atoms with Crippen LogP contribution in [0.1, 0.15) is 36.8 Å². The van der Waals surface area contributed by atoms with E-state index in [1.165, 1.54) is 0 Å². The summed E-state index contributed by atoms with van der Waals surface area (Å²) in [5.74, 6) is -91.7. The molecule has 1 aliphatic heterocycles. The largest absolute Gasteiger partial charge is 0.463 e. The Kier molecular flexibility index (Phi) is 20.8. The third-order valence-corrected chi connectivity index (χ3v) is 12.6. The highest BCUT2D eigenvalue weighted by molar-refractivity contribution is 6.00. The van der Waals surface area contributed by atoms with Gasteiger partial charge < -0.3 is 18.9 Å². The summed E-state index contributed by atoms with van der Waals surface area (Å²) in [6, 6.07) is -10.1. The third-order valence-electron chi connectivity index (χ3n) is 12.6. The molecule has 12 nitrogen and oxygen atoms in total. The fraction of sp³-hybridized carbons (Fsp3) is 0.591. The van der Waals surface area contributed by atoms with Crippen molar-refractivity contribution in [2.24, 2.45) is 0 Å². The van der Waals surface area contributed by atoms with Crippen molar-refractivity contribution in [2.75, 3.05) is 36.2 Å². The summed E-state index contributed by atoms with van der Waals surface area (Å²) in [5.41, 5.74) is -10.9. The predicted molar refractivity (Wildman–Crippen MR) is 230 cm³/mol. The second-order valence-corrected chi connectivity index (χ2v) is 19.3. The molecule has 4 aromatic rings. The first-order valence-corrected chi connectivity index (χ1v) is 24.3. The molecule has 0 saturated carbocycles. The zero-order valence-corrected chi connectivity index (χ0v) is 45.2. The maximum absolute atomic E-state index is 14.6. The average molecular weight is 1520 g/mol. The number of fused-ring (bicyclic) bond motifs is 2. The molecule has 0 N–H and O–H groups in total. The molecule has 98 heavy (non-hydrogen) atoms. The maximum atomic E-state index is 14.6. The number of hydrogen-bond acceptors (Lipinski definition) is 12. The summed E-state index contributed by atoms with van der Waals surface area (Å²) in [4.78, 5) is 17.8. The lowest BCUT2D eigenvalue weighted by molar-refractivity contribution is -0.397. The van der Waals surface area contributed by atoms with Gasteiger partial charge in [0, 0.05) is 0 Å². The van der Waals surface area contributed by atoms with Gasteiger partial charge in [-0.1, -0.05) is 0 Å². The van der Waals surface area contributed by atoms with Crippen LogP contribution in [0.15, 0.2) is 36.4 Å². The first kappa shape index (κ1) is 81.0. The maximum Gasteiger partial charge on any atom is 0.460 e. The van der Waals surface area contributed by atoms with Crippen LogP contribution in [0.3, 0.4) is 0 Å². The highest BCUT2D eigenvalue weighted by atomic mass is 19.5. The minimum Gasteiger partial charge on any atom is -0.463 e. The Morgan fingerprint density at radius 1 is 0.245 bits per heavy atom. The minimum atomic E-state index is -7.69. The molecule has 0 atom stereocenters. The molecule has 1 aliphatic rings. The van der Waals surface area contributed by atoms with Crippen molar-refractivity contribution in [1.29, 1.82) is 0 Å². The third kappa shape index (κ3) is 14.7. The molecule has 2 aromatic heterocycles. The van der Waals surface area contributed by atoms with Crippen molar-refractivity contribution in [2.45, 2.75) is 134 Å². The Hall–Kier alpha value is -7.68. The van der Waals surface area contributed by atoms with Crippen LogP contribution < -0.4 is 28.7 Å². The van der Waals surface area contributed by atoms with E-state index in [0.29, 0.717) is 0 Å². The smallest absolute Gasteiger partial charge is 0.460 e. The first-order chi connectivity index (χ1) is 43.5. The molecule has 0 spiro atoms. The van der Waals surface area contributed by atoms with E-state index in [2.05, 4.69) is 48.9 Å². The zero-order valence-electron chi connectivity index (χ0n) is 45.2. The van der Waals surface area contributed by atoms with E-state index < -0.39 is 230 Å². The van der Waals surface area contributed by atoms with Crippen LogP contribution in [-0.4, -0.2) is 152 Å². The van der Waals surface area contributed by atoms with Crippen molar-refractivity contribution in [1.82, 2.24) is 29.9 Å². The lowest BCUT2D eigenvalue weighted by Gasteiger charge is -2.38. The molecule has 0 unspecified atom stereocenters. The van der Waals surface area contributed by atoms with Crippen LogP contribution in [0.5, 0.6) is 24.0 Å². The predicted octanol–water partition coefficient (Wildman–Crippen LogP) is 18.3. The number of ether oxygens (including phenoxy) is 4. The molecule has 0 aliphatic carbocycles. The van der Waals surface area contributed by atoms with Gasteiger partial charge in [-0.2, -0.15) is 204 Å². The van der Waals surface area contributed by atoms with Gasteiger partial charge in [-0.05, 0) is 36.4 Å². The zero-order chi connectivity index (χ0) is 76.1. The van der Waals surface area contributed by atoms with E-state index in [1.807, 2.05) is 0 Å². The summed E-state index contributed by atoms with van der Waals surface area (Å²) in [5, 5.41) is 0. The summed E-state index contributed by atoms with van der Waals surface area (Å²) >= 11 is 0. The van der Waals surface area contributed by atoms with Crippen molar-refractivity contribution in [3.05, 3.63) is 47.5 Å². The number of alkyl halides is 42. The summed E-state index contributed by atoms with van der Waals surface area (Å²) in [6.07, 6.45) is -54.5. The fourth-order valence-electron chi connectivity index (χ4n) is 7.28. The molecule has 0 amide bonds. The SMILES string of the molecule is FC(F)(F)c1ccc2c(c1)N(c1nc(OCCC(F)(F)C(F)(F)C(F)(F)C(F)(F)F)nc(OCCC(F)(F)C(F)(F)C(F)(F)C(F)(F)F)n1)c1ccc(C(F)(F)F)cc1N2c1nc(OCCC(F)(F)C(F)(F)C(F)(F)C(F)(F)F)nc(OCCC(F)(F)C(F)(F)C(F)(F)C(F)(F)F)n1. The molecule has 2 aromatic carbocycles. The van der Waals surface area contributed by atoms with Gasteiger partial charge >= 0.3 is 132 Å². The Balaban J connectivity index is 1.82. The normalized spacial score (nSPS) is 15.3. The molecule has 5 rings (SSSR count). The summed E-state index contributed by atoms with van der Waals surface area (Å²) in [7, 11) is 0. The van der Waals surface area contributed by atoms with Crippen molar-refractivity contribution < 1.29 is 203 Å². The monoisotopic (exact) mass is 1520 g/mol. The van der Waals surface area contributed by atoms with Gasteiger partial charge in [0.05, 0.1) is 86.0 Å². The topological polar surface area (TPSA) is 121 Å². The molecule has 556 valence electrons. The molecular weight excluding hydrogens is 1500 g/mol. The van der Waals surface area contributed by atoms with Crippen molar-refractivity contribution >= 4 is 34.6 Å². The van der Waals surface area contributed by atoms with Crippen LogP contribution in [0, 0.1) is 0 Å². The lowest BCUT2D eigenvalue weighted by Crippen LogP contribution is -2.61. The number of hydrogen-bond donors (Lipinski definition) is 0. The van der Waals surface area contributed by atoms with Gasteiger partial charge in [0.1, 0.15) is 0 Å². The van der Waals surface area contributed by atoms with Crippen molar-refractivity contribution in [3.63, 3.8) is 0 Å². The van der Waals surface area contributed by atoms with E-state index in [9.17, 15) is 184 Å². The van der Waals surface area contributed by atoms with Crippen LogP contribution in [0.25, 0.3) is 0 Å².